The Morgan fingerprint density at radius 3 is 1.67 bits per heavy atom. The van der Waals surface area contributed by atoms with Gasteiger partial charge in [-0.1, -0.05) is 185 Å². The lowest BCUT2D eigenvalue weighted by atomic mass is 9.67. The number of furan rings is 1. The Morgan fingerprint density at radius 1 is 0.450 bits per heavy atom. The van der Waals surface area contributed by atoms with Crippen molar-refractivity contribution in [1.29, 1.82) is 0 Å². The van der Waals surface area contributed by atoms with E-state index in [-0.39, 0.29) is 5.41 Å². The highest BCUT2D eigenvalue weighted by atomic mass is 16.3. The van der Waals surface area contributed by atoms with Crippen molar-refractivity contribution in [2.45, 2.75) is 62.7 Å². The summed E-state index contributed by atoms with van der Waals surface area (Å²) in [6.07, 6.45) is 6.36. The lowest BCUT2D eigenvalue weighted by Crippen LogP contribution is -2.28. The number of rotatable bonds is 6. The topological polar surface area (TPSA) is 16.4 Å². The molecule has 1 heterocycles. The van der Waals surface area contributed by atoms with Crippen molar-refractivity contribution >= 4 is 39.0 Å². The number of benzene rings is 8. The van der Waals surface area contributed by atoms with E-state index in [0.717, 1.165) is 33.6 Å². The summed E-state index contributed by atoms with van der Waals surface area (Å²) >= 11 is 0. The van der Waals surface area contributed by atoms with Gasteiger partial charge in [0.1, 0.15) is 5.58 Å². The van der Waals surface area contributed by atoms with E-state index in [4.69, 9.17) is 4.42 Å². The fourth-order valence-electron chi connectivity index (χ4n) is 11.6. The molecular formula is C58H47NO. The van der Waals surface area contributed by atoms with E-state index in [1.165, 1.54) is 98.7 Å². The summed E-state index contributed by atoms with van der Waals surface area (Å²) in [6, 6.07) is 68.1. The molecule has 2 nitrogen and oxygen atoms in total. The van der Waals surface area contributed by atoms with Gasteiger partial charge in [0.2, 0.25) is 0 Å². The molecule has 0 unspecified atom stereocenters. The minimum Gasteiger partial charge on any atom is -0.454 e. The monoisotopic (exact) mass is 773 g/mol. The molecule has 0 spiro atoms. The van der Waals surface area contributed by atoms with Gasteiger partial charge in [-0.25, -0.2) is 0 Å². The van der Waals surface area contributed by atoms with Gasteiger partial charge in [-0.05, 0) is 110 Å². The average Bonchev–Trinajstić information content (AvgIpc) is 3.92. The summed E-state index contributed by atoms with van der Waals surface area (Å²) in [5.41, 5.74) is 19.0. The molecule has 2 heteroatoms. The first-order valence-corrected chi connectivity index (χ1v) is 21.9. The van der Waals surface area contributed by atoms with Crippen LogP contribution in [0.5, 0.6) is 0 Å². The van der Waals surface area contributed by atoms with Crippen LogP contribution in [-0.2, 0) is 10.8 Å². The fourth-order valence-corrected chi connectivity index (χ4v) is 11.6. The zero-order chi connectivity index (χ0) is 40.0. The predicted octanol–water partition coefficient (Wildman–Crippen LogP) is 15.8. The highest BCUT2D eigenvalue weighted by Crippen LogP contribution is 2.58. The van der Waals surface area contributed by atoms with Crippen molar-refractivity contribution in [1.82, 2.24) is 0 Å². The molecule has 1 saturated carbocycles. The number of anilines is 3. The van der Waals surface area contributed by atoms with Crippen LogP contribution in [0.3, 0.4) is 0 Å². The van der Waals surface area contributed by atoms with E-state index in [1.807, 2.05) is 0 Å². The molecule has 8 aromatic carbocycles. The lowest BCUT2D eigenvalue weighted by molar-refractivity contribution is 0.442. The van der Waals surface area contributed by atoms with Crippen molar-refractivity contribution < 1.29 is 4.42 Å². The molecular weight excluding hydrogens is 727 g/mol. The van der Waals surface area contributed by atoms with Crippen LogP contribution in [-0.4, -0.2) is 0 Å². The zero-order valence-corrected chi connectivity index (χ0v) is 34.3. The van der Waals surface area contributed by atoms with Crippen LogP contribution >= 0.6 is 0 Å². The Hall–Kier alpha value is -6.64. The van der Waals surface area contributed by atoms with Crippen LogP contribution in [0, 0.1) is 0 Å². The molecule has 0 amide bonds. The summed E-state index contributed by atoms with van der Waals surface area (Å²) in [5.74, 6) is 0.533. The van der Waals surface area contributed by atoms with E-state index in [9.17, 15) is 0 Å². The van der Waals surface area contributed by atoms with Crippen molar-refractivity contribution in [3.8, 4) is 22.3 Å². The first kappa shape index (κ1) is 35.3. The van der Waals surface area contributed by atoms with Gasteiger partial charge in [0.25, 0.3) is 0 Å². The average molecular weight is 774 g/mol. The maximum atomic E-state index is 7.26. The predicted molar refractivity (Wildman–Crippen MR) is 249 cm³/mol. The summed E-state index contributed by atoms with van der Waals surface area (Å²) in [7, 11) is 0. The van der Waals surface area contributed by atoms with Crippen LogP contribution < -0.4 is 4.90 Å². The third kappa shape index (κ3) is 5.00. The Kier molecular flexibility index (Phi) is 7.91. The standard InChI is InChI=1S/C58H47NO/c1-57(2)50-29-14-12-24-44(50)46-34-32-41(36-52(46)57)59(54-31-17-28-49-48-27-16-26-43(55(48)60-56(49)54)38-18-6-3-7-19-38)42-33-35-47-45-25-13-15-30-51(45)58(53(47)37-42,39-20-8-4-9-21-39)40-22-10-5-11-23-40/h4-5,8-17,20-38H,3,6-7,18-19H2,1-2H3. The molecule has 0 aliphatic heterocycles. The van der Waals surface area contributed by atoms with Crippen molar-refractivity contribution in [2.75, 3.05) is 4.90 Å². The van der Waals surface area contributed by atoms with Gasteiger partial charge in [-0.3, -0.25) is 0 Å². The van der Waals surface area contributed by atoms with Gasteiger partial charge in [-0.2, -0.15) is 0 Å². The number of nitrogens with zero attached hydrogens (tertiary/aromatic N) is 1. The quantitative estimate of drug-likeness (QED) is 0.167. The first-order valence-electron chi connectivity index (χ1n) is 21.9. The molecule has 3 aliphatic rings. The SMILES string of the molecule is CC1(C)c2ccccc2-c2ccc(N(c3ccc4c(c3)C(c3ccccc3)(c3ccccc3)c3ccccc3-4)c3cccc4c3oc3c(C5CCCCC5)cccc34)cc21. The summed E-state index contributed by atoms with van der Waals surface area (Å²) in [6.45, 7) is 4.75. The molecule has 0 radical (unpaired) electrons. The summed E-state index contributed by atoms with van der Waals surface area (Å²) in [4.78, 5) is 2.48. The number of fused-ring (bicyclic) bond motifs is 9. The lowest BCUT2D eigenvalue weighted by Gasteiger charge is -2.35. The molecule has 9 aromatic rings. The van der Waals surface area contributed by atoms with Gasteiger partial charge in [0.15, 0.2) is 5.58 Å². The minimum absolute atomic E-state index is 0.150. The Balaban J connectivity index is 1.14. The van der Waals surface area contributed by atoms with Gasteiger partial charge in [0, 0.05) is 27.6 Å². The van der Waals surface area contributed by atoms with E-state index in [1.54, 1.807) is 0 Å². The molecule has 0 bridgehead atoms. The normalized spacial score (nSPS) is 16.0. The zero-order valence-electron chi connectivity index (χ0n) is 34.3. The van der Waals surface area contributed by atoms with Gasteiger partial charge >= 0.3 is 0 Å². The van der Waals surface area contributed by atoms with Crippen LogP contribution in [0.25, 0.3) is 44.2 Å². The van der Waals surface area contributed by atoms with E-state index < -0.39 is 5.41 Å². The maximum Gasteiger partial charge on any atom is 0.159 e. The van der Waals surface area contributed by atoms with Crippen LogP contribution in [0.2, 0.25) is 0 Å². The second kappa shape index (κ2) is 13.4. The third-order valence-corrected chi connectivity index (χ3v) is 14.3. The molecule has 12 rings (SSSR count). The summed E-state index contributed by atoms with van der Waals surface area (Å²) in [5, 5.41) is 2.37. The van der Waals surface area contributed by atoms with E-state index in [2.05, 4.69) is 201 Å². The van der Waals surface area contributed by atoms with Crippen LogP contribution in [0.4, 0.5) is 17.1 Å². The highest BCUT2D eigenvalue weighted by Gasteiger charge is 2.46. The second-order valence-electron chi connectivity index (χ2n) is 17.8. The molecule has 0 atom stereocenters. The largest absolute Gasteiger partial charge is 0.454 e. The third-order valence-electron chi connectivity index (χ3n) is 14.3. The maximum absolute atomic E-state index is 7.26. The van der Waals surface area contributed by atoms with Gasteiger partial charge in [-0.15, -0.1) is 0 Å². The van der Waals surface area contributed by atoms with Crippen molar-refractivity contribution in [3.05, 3.63) is 221 Å². The molecule has 3 aliphatic carbocycles. The highest BCUT2D eigenvalue weighted by molar-refractivity contribution is 6.11. The minimum atomic E-state index is -0.516. The van der Waals surface area contributed by atoms with Crippen molar-refractivity contribution in [3.63, 3.8) is 0 Å². The summed E-state index contributed by atoms with van der Waals surface area (Å²) < 4.78 is 7.26. The Labute approximate surface area is 352 Å². The first-order chi connectivity index (χ1) is 29.5. The van der Waals surface area contributed by atoms with E-state index in [0.29, 0.717) is 5.92 Å². The Morgan fingerprint density at radius 2 is 0.983 bits per heavy atom. The molecule has 290 valence electrons. The van der Waals surface area contributed by atoms with Crippen LogP contribution in [0.1, 0.15) is 90.8 Å². The van der Waals surface area contributed by atoms with Crippen molar-refractivity contribution in [2.24, 2.45) is 0 Å². The number of para-hydroxylation sites is 2. The second-order valence-corrected chi connectivity index (χ2v) is 17.8. The fraction of sp³-hybridized carbons (Fsp3) is 0.172. The molecule has 60 heavy (non-hydrogen) atoms. The van der Waals surface area contributed by atoms with E-state index >= 15 is 0 Å². The molecule has 0 N–H and O–H groups in total. The molecule has 1 aromatic heterocycles. The van der Waals surface area contributed by atoms with Gasteiger partial charge < -0.3 is 9.32 Å². The Bertz CT molecular complexity index is 3070. The van der Waals surface area contributed by atoms with Gasteiger partial charge in [0.05, 0.1) is 11.1 Å². The van der Waals surface area contributed by atoms with Crippen LogP contribution in [0.15, 0.2) is 186 Å². The smallest absolute Gasteiger partial charge is 0.159 e. The number of hydrogen-bond acceptors (Lipinski definition) is 2. The number of hydrogen-bond donors (Lipinski definition) is 0. The molecule has 1 fully saturated rings. The molecule has 0 saturated heterocycles.